The molecule has 1 saturated carbocycles. The molecule has 94 valence electrons. The zero-order chi connectivity index (χ0) is 13.0. The predicted molar refractivity (Wildman–Crippen MR) is 64.1 cm³/mol. The largest absolute Gasteiger partial charge is 0.507 e. The van der Waals surface area contributed by atoms with E-state index < -0.39 is 11.2 Å². The van der Waals surface area contributed by atoms with E-state index in [0.717, 1.165) is 6.42 Å². The number of hydrogen-bond donors (Lipinski definition) is 1. The van der Waals surface area contributed by atoms with Crippen LogP contribution < -0.4 is 0 Å². The van der Waals surface area contributed by atoms with Crippen LogP contribution in [0, 0.1) is 11.8 Å². The average Bonchev–Trinajstić information content (AvgIpc) is 2.82. The van der Waals surface area contributed by atoms with Crippen LogP contribution in [0.1, 0.15) is 27.1 Å². The number of carbonyl (C=O) groups excluding carboxylic acids is 2. The standard InChI is InChI=1S/C15H10O4/c16-10-3-1-2-9-11(10)13(18)15-8-5-4-7(6-8)14(15,19-15)12(9)17/h1-5,7-8,16H,6H2. The Morgan fingerprint density at radius 1 is 1.11 bits per heavy atom. The zero-order valence-corrected chi connectivity index (χ0v) is 9.92. The molecule has 0 spiro atoms. The van der Waals surface area contributed by atoms with Gasteiger partial charge < -0.3 is 9.84 Å². The van der Waals surface area contributed by atoms with E-state index in [4.69, 9.17) is 4.74 Å². The number of phenols is 1. The highest BCUT2D eigenvalue weighted by molar-refractivity contribution is 6.27. The molecule has 1 N–H and O–H groups in total. The highest BCUT2D eigenvalue weighted by Gasteiger charge is 2.89. The predicted octanol–water partition coefficient (Wildman–Crippen LogP) is 1.48. The van der Waals surface area contributed by atoms with Crippen LogP contribution in [0.5, 0.6) is 5.75 Å². The van der Waals surface area contributed by atoms with Gasteiger partial charge in [0.1, 0.15) is 5.75 Å². The van der Waals surface area contributed by atoms with E-state index in [9.17, 15) is 14.7 Å². The van der Waals surface area contributed by atoms with Gasteiger partial charge >= 0.3 is 0 Å². The van der Waals surface area contributed by atoms with Crippen molar-refractivity contribution in [2.75, 3.05) is 0 Å². The van der Waals surface area contributed by atoms with Gasteiger partial charge in [0, 0.05) is 17.4 Å². The van der Waals surface area contributed by atoms with Crippen molar-refractivity contribution in [1.29, 1.82) is 0 Å². The van der Waals surface area contributed by atoms with Gasteiger partial charge in [0.15, 0.2) is 17.0 Å². The molecule has 4 aliphatic rings. The summed E-state index contributed by atoms with van der Waals surface area (Å²) in [6.45, 7) is 0. The van der Waals surface area contributed by atoms with Crippen LogP contribution in [-0.4, -0.2) is 27.9 Å². The normalized spacial score (nSPS) is 44.0. The quantitative estimate of drug-likeness (QED) is 0.562. The van der Waals surface area contributed by atoms with Gasteiger partial charge in [0.2, 0.25) is 5.78 Å². The molecule has 5 rings (SSSR count). The number of hydrogen-bond acceptors (Lipinski definition) is 4. The third kappa shape index (κ3) is 0.728. The molecule has 0 amide bonds. The Kier molecular flexibility index (Phi) is 1.31. The van der Waals surface area contributed by atoms with E-state index in [2.05, 4.69) is 0 Å². The SMILES string of the molecule is O=C1c2cccc(O)c2C(=O)C23OC12C1C=CC3C1. The van der Waals surface area contributed by atoms with Gasteiger partial charge in [0.25, 0.3) is 0 Å². The third-order valence-corrected chi connectivity index (χ3v) is 5.15. The number of Topliss-reactive ketones (excluding diaryl/α,β-unsaturated/α-hetero) is 2. The minimum Gasteiger partial charge on any atom is -0.507 e. The van der Waals surface area contributed by atoms with Crippen molar-refractivity contribution in [2.45, 2.75) is 17.6 Å². The Morgan fingerprint density at radius 2 is 1.79 bits per heavy atom. The van der Waals surface area contributed by atoms with E-state index >= 15 is 0 Å². The first-order chi connectivity index (χ1) is 9.13. The Labute approximate surface area is 108 Å². The summed E-state index contributed by atoms with van der Waals surface area (Å²) in [5, 5.41) is 9.92. The number of epoxide rings is 1. The van der Waals surface area contributed by atoms with Crippen LogP contribution in [0.4, 0.5) is 0 Å². The summed E-state index contributed by atoms with van der Waals surface area (Å²) >= 11 is 0. The molecule has 0 radical (unpaired) electrons. The van der Waals surface area contributed by atoms with Crippen molar-refractivity contribution < 1.29 is 19.4 Å². The second kappa shape index (κ2) is 2.51. The molecule has 1 aliphatic heterocycles. The van der Waals surface area contributed by atoms with Crippen LogP contribution in [0.15, 0.2) is 30.4 Å². The number of ketones is 2. The fraction of sp³-hybridized carbons (Fsp3) is 0.333. The van der Waals surface area contributed by atoms with E-state index in [0.29, 0.717) is 5.56 Å². The molecular weight excluding hydrogens is 244 g/mol. The molecule has 0 aromatic heterocycles. The van der Waals surface area contributed by atoms with Crippen LogP contribution in [-0.2, 0) is 4.74 Å². The number of benzene rings is 1. The van der Waals surface area contributed by atoms with Crippen LogP contribution >= 0.6 is 0 Å². The highest BCUT2D eigenvalue weighted by Crippen LogP contribution is 2.72. The summed E-state index contributed by atoms with van der Waals surface area (Å²) < 4.78 is 5.77. The number of carbonyl (C=O) groups is 2. The van der Waals surface area contributed by atoms with Gasteiger partial charge in [-0.2, -0.15) is 0 Å². The molecule has 1 aromatic rings. The monoisotopic (exact) mass is 254 g/mol. The Balaban J connectivity index is 1.86. The fourth-order valence-corrected chi connectivity index (χ4v) is 4.35. The first kappa shape index (κ1) is 9.92. The second-order valence-corrected chi connectivity index (χ2v) is 5.76. The van der Waals surface area contributed by atoms with Gasteiger partial charge in [-0.25, -0.2) is 0 Å². The number of phenolic OH excluding ortho intramolecular Hbond substituents is 1. The van der Waals surface area contributed by atoms with Crippen molar-refractivity contribution in [3.8, 4) is 5.75 Å². The summed E-state index contributed by atoms with van der Waals surface area (Å²) in [6.07, 6.45) is 4.77. The molecule has 2 bridgehead atoms. The lowest BCUT2D eigenvalue weighted by atomic mass is 9.69. The van der Waals surface area contributed by atoms with Gasteiger partial charge in [-0.1, -0.05) is 24.3 Å². The maximum absolute atomic E-state index is 12.7. The molecule has 1 saturated heterocycles. The minimum absolute atomic E-state index is 0.00412. The van der Waals surface area contributed by atoms with E-state index in [1.54, 1.807) is 12.1 Å². The maximum Gasteiger partial charge on any atom is 0.203 e. The van der Waals surface area contributed by atoms with Gasteiger partial charge in [-0.15, -0.1) is 0 Å². The van der Waals surface area contributed by atoms with Crippen molar-refractivity contribution >= 4 is 11.6 Å². The molecule has 19 heavy (non-hydrogen) atoms. The lowest BCUT2D eigenvalue weighted by Gasteiger charge is -2.25. The van der Waals surface area contributed by atoms with Crippen LogP contribution in [0.2, 0.25) is 0 Å². The molecule has 3 aliphatic carbocycles. The molecule has 1 heterocycles. The summed E-state index contributed by atoms with van der Waals surface area (Å²) in [5.74, 6) is -0.515. The smallest absolute Gasteiger partial charge is 0.203 e. The van der Waals surface area contributed by atoms with E-state index in [1.165, 1.54) is 6.07 Å². The van der Waals surface area contributed by atoms with Crippen molar-refractivity contribution in [3.05, 3.63) is 41.5 Å². The molecule has 4 atom stereocenters. The summed E-state index contributed by atoms with van der Waals surface area (Å²) in [7, 11) is 0. The molecule has 2 fully saturated rings. The lowest BCUT2D eigenvalue weighted by Crippen LogP contribution is -2.47. The van der Waals surface area contributed by atoms with Crippen molar-refractivity contribution in [3.63, 3.8) is 0 Å². The molecular formula is C15H10O4. The first-order valence-electron chi connectivity index (χ1n) is 6.43. The Morgan fingerprint density at radius 3 is 2.53 bits per heavy atom. The summed E-state index contributed by atoms with van der Waals surface area (Å²) in [5.41, 5.74) is -1.54. The Bertz CT molecular complexity index is 719. The maximum atomic E-state index is 12.7. The van der Waals surface area contributed by atoms with E-state index in [-0.39, 0.29) is 34.7 Å². The summed E-state index contributed by atoms with van der Waals surface area (Å²) in [6, 6.07) is 4.64. The van der Waals surface area contributed by atoms with Crippen molar-refractivity contribution in [1.82, 2.24) is 0 Å². The first-order valence-corrected chi connectivity index (χ1v) is 6.43. The van der Waals surface area contributed by atoms with E-state index in [1.807, 2.05) is 12.2 Å². The molecule has 4 nitrogen and oxygen atoms in total. The van der Waals surface area contributed by atoms with Gasteiger partial charge in [0.05, 0.1) is 5.56 Å². The Hall–Kier alpha value is -1.94. The molecule has 4 unspecified atom stereocenters. The molecule has 4 heteroatoms. The van der Waals surface area contributed by atoms with Crippen LogP contribution in [0.3, 0.4) is 0 Å². The number of fused-ring (bicyclic) bond motifs is 3. The highest BCUT2D eigenvalue weighted by atomic mass is 16.6. The minimum atomic E-state index is -1.02. The number of ether oxygens (including phenoxy) is 1. The average molecular weight is 254 g/mol. The second-order valence-electron chi connectivity index (χ2n) is 5.76. The number of aromatic hydroxyl groups is 1. The number of rotatable bonds is 0. The topological polar surface area (TPSA) is 66.9 Å². The molecule has 1 aromatic carbocycles. The summed E-state index contributed by atoms with van der Waals surface area (Å²) in [4.78, 5) is 25.5. The van der Waals surface area contributed by atoms with Crippen molar-refractivity contribution in [2.24, 2.45) is 11.8 Å². The van der Waals surface area contributed by atoms with Gasteiger partial charge in [-0.3, -0.25) is 9.59 Å². The van der Waals surface area contributed by atoms with Gasteiger partial charge in [-0.05, 0) is 12.5 Å². The zero-order valence-electron chi connectivity index (χ0n) is 9.92. The fourth-order valence-electron chi connectivity index (χ4n) is 4.35. The lowest BCUT2D eigenvalue weighted by molar-refractivity contribution is 0.0810. The third-order valence-electron chi connectivity index (χ3n) is 5.15. The van der Waals surface area contributed by atoms with Crippen LogP contribution in [0.25, 0.3) is 0 Å².